The van der Waals surface area contributed by atoms with Crippen molar-refractivity contribution in [3.05, 3.63) is 34.3 Å². The summed E-state index contributed by atoms with van der Waals surface area (Å²) in [4.78, 5) is 12.4. The molecule has 2 fully saturated rings. The van der Waals surface area contributed by atoms with Crippen LogP contribution in [0.4, 0.5) is 0 Å². The third kappa shape index (κ3) is 3.16. The van der Waals surface area contributed by atoms with E-state index >= 15 is 0 Å². The van der Waals surface area contributed by atoms with Gasteiger partial charge in [0.1, 0.15) is 0 Å². The third-order valence-corrected chi connectivity index (χ3v) is 5.62. The van der Waals surface area contributed by atoms with Crippen molar-refractivity contribution >= 4 is 21.8 Å². The second-order valence-electron chi connectivity index (χ2n) is 6.55. The van der Waals surface area contributed by atoms with Crippen LogP contribution in [0, 0.1) is 5.92 Å². The Labute approximate surface area is 134 Å². The van der Waals surface area contributed by atoms with E-state index in [1.165, 1.54) is 12.0 Å². The second kappa shape index (κ2) is 6.09. The lowest BCUT2D eigenvalue weighted by Crippen LogP contribution is -2.51. The number of hydrogen-bond donors (Lipinski definition) is 2. The number of amides is 1. The van der Waals surface area contributed by atoms with E-state index < -0.39 is 0 Å². The fourth-order valence-electron chi connectivity index (χ4n) is 3.68. The number of carbonyl (C=O) groups excluding carboxylic acids is 1. The van der Waals surface area contributed by atoms with Gasteiger partial charge in [0.25, 0.3) is 0 Å². The molecule has 1 amide bonds. The van der Waals surface area contributed by atoms with E-state index in [0.717, 1.165) is 36.6 Å². The van der Waals surface area contributed by atoms with E-state index in [2.05, 4.69) is 33.4 Å². The Morgan fingerprint density at radius 1 is 1.33 bits per heavy atom. The van der Waals surface area contributed by atoms with Crippen LogP contribution in [-0.4, -0.2) is 11.9 Å². The van der Waals surface area contributed by atoms with Gasteiger partial charge >= 0.3 is 0 Å². The first-order valence-corrected chi connectivity index (χ1v) is 8.71. The Bertz CT molecular complexity index is 527. The topological polar surface area (TPSA) is 55.1 Å². The molecule has 0 radical (unpaired) electrons. The molecule has 0 heterocycles. The maximum Gasteiger partial charge on any atom is 0.221 e. The first-order chi connectivity index (χ1) is 10.1. The number of halogens is 1. The standard InChI is InChI=1S/C17H23BrN2O/c18-14-6-2-5-13(11-14)17(8-3-9-17)20-16(21)10-12-4-1-7-15(12)19/h2,5-6,11-12,15H,1,3-4,7-10,19H2,(H,20,21)/t12-,15+/m0/s1. The summed E-state index contributed by atoms with van der Waals surface area (Å²) >= 11 is 3.52. The van der Waals surface area contributed by atoms with Crippen molar-refractivity contribution in [3.8, 4) is 0 Å². The molecule has 0 spiro atoms. The predicted molar refractivity (Wildman–Crippen MR) is 87.7 cm³/mol. The summed E-state index contributed by atoms with van der Waals surface area (Å²) in [6, 6.07) is 8.51. The highest BCUT2D eigenvalue weighted by atomic mass is 79.9. The third-order valence-electron chi connectivity index (χ3n) is 5.13. The van der Waals surface area contributed by atoms with Gasteiger partial charge in [0.15, 0.2) is 0 Å². The molecule has 2 aliphatic carbocycles. The monoisotopic (exact) mass is 350 g/mol. The van der Waals surface area contributed by atoms with Crippen molar-refractivity contribution < 1.29 is 4.79 Å². The zero-order valence-corrected chi connectivity index (χ0v) is 13.9. The lowest BCUT2D eigenvalue weighted by Gasteiger charge is -2.43. The molecule has 0 aliphatic heterocycles. The Kier molecular flexibility index (Phi) is 4.36. The Balaban J connectivity index is 1.68. The van der Waals surface area contributed by atoms with Crippen molar-refractivity contribution in [2.24, 2.45) is 11.7 Å². The quantitative estimate of drug-likeness (QED) is 0.873. The first kappa shape index (κ1) is 15.0. The number of carbonyl (C=O) groups is 1. The molecule has 2 saturated carbocycles. The van der Waals surface area contributed by atoms with Crippen molar-refractivity contribution in [2.75, 3.05) is 0 Å². The zero-order chi connectivity index (χ0) is 14.9. The molecule has 0 saturated heterocycles. The minimum Gasteiger partial charge on any atom is -0.347 e. The van der Waals surface area contributed by atoms with Gasteiger partial charge in [-0.2, -0.15) is 0 Å². The number of benzene rings is 1. The van der Waals surface area contributed by atoms with E-state index in [4.69, 9.17) is 5.73 Å². The number of nitrogens with two attached hydrogens (primary N) is 1. The minimum atomic E-state index is -0.149. The predicted octanol–water partition coefficient (Wildman–Crippen LogP) is 3.46. The highest BCUT2D eigenvalue weighted by Gasteiger charge is 2.40. The average Bonchev–Trinajstić information content (AvgIpc) is 2.79. The molecule has 3 rings (SSSR count). The van der Waals surface area contributed by atoms with Crippen molar-refractivity contribution in [1.29, 1.82) is 0 Å². The minimum absolute atomic E-state index is 0.149. The molecule has 4 heteroatoms. The molecular formula is C17H23BrN2O. The van der Waals surface area contributed by atoms with E-state index in [-0.39, 0.29) is 17.5 Å². The number of rotatable bonds is 4. The molecular weight excluding hydrogens is 328 g/mol. The molecule has 0 unspecified atom stereocenters. The van der Waals surface area contributed by atoms with Gasteiger partial charge in [-0.1, -0.05) is 34.5 Å². The van der Waals surface area contributed by atoms with E-state index in [9.17, 15) is 4.79 Å². The van der Waals surface area contributed by atoms with Gasteiger partial charge in [0.2, 0.25) is 5.91 Å². The highest BCUT2D eigenvalue weighted by molar-refractivity contribution is 9.10. The van der Waals surface area contributed by atoms with Gasteiger partial charge in [0.05, 0.1) is 5.54 Å². The second-order valence-corrected chi connectivity index (χ2v) is 7.47. The van der Waals surface area contributed by atoms with Crippen LogP contribution >= 0.6 is 15.9 Å². The molecule has 3 N–H and O–H groups in total. The molecule has 1 aromatic rings. The van der Waals surface area contributed by atoms with Crippen molar-refractivity contribution in [1.82, 2.24) is 5.32 Å². The fraction of sp³-hybridized carbons (Fsp3) is 0.588. The summed E-state index contributed by atoms with van der Waals surface area (Å²) in [7, 11) is 0. The summed E-state index contributed by atoms with van der Waals surface area (Å²) < 4.78 is 1.07. The summed E-state index contributed by atoms with van der Waals surface area (Å²) in [5.74, 6) is 0.529. The summed E-state index contributed by atoms with van der Waals surface area (Å²) in [5, 5.41) is 3.31. The molecule has 2 atom stereocenters. The molecule has 21 heavy (non-hydrogen) atoms. The van der Waals surface area contributed by atoms with E-state index in [0.29, 0.717) is 12.3 Å². The molecule has 2 aliphatic rings. The van der Waals surface area contributed by atoms with Gasteiger partial charge in [-0.15, -0.1) is 0 Å². The smallest absolute Gasteiger partial charge is 0.221 e. The van der Waals surface area contributed by atoms with Gasteiger partial charge in [-0.05, 0) is 55.7 Å². The Morgan fingerprint density at radius 3 is 2.71 bits per heavy atom. The molecule has 3 nitrogen and oxygen atoms in total. The average molecular weight is 351 g/mol. The summed E-state index contributed by atoms with van der Waals surface area (Å²) in [5.41, 5.74) is 7.15. The van der Waals surface area contributed by atoms with Gasteiger partial charge in [0, 0.05) is 16.9 Å². The fourth-order valence-corrected chi connectivity index (χ4v) is 4.08. The van der Waals surface area contributed by atoms with Crippen LogP contribution in [-0.2, 0) is 10.3 Å². The van der Waals surface area contributed by atoms with E-state index in [1.54, 1.807) is 0 Å². The molecule has 0 bridgehead atoms. The zero-order valence-electron chi connectivity index (χ0n) is 12.3. The van der Waals surface area contributed by atoms with E-state index in [1.807, 2.05) is 12.1 Å². The van der Waals surface area contributed by atoms with Crippen LogP contribution in [0.2, 0.25) is 0 Å². The van der Waals surface area contributed by atoms with Crippen LogP contribution in [0.15, 0.2) is 28.7 Å². The lowest BCUT2D eigenvalue weighted by atomic mass is 9.71. The largest absolute Gasteiger partial charge is 0.347 e. The first-order valence-electron chi connectivity index (χ1n) is 7.92. The van der Waals surface area contributed by atoms with Gasteiger partial charge < -0.3 is 11.1 Å². The number of hydrogen-bond acceptors (Lipinski definition) is 2. The van der Waals surface area contributed by atoms with Crippen molar-refractivity contribution in [3.63, 3.8) is 0 Å². The molecule has 114 valence electrons. The summed E-state index contributed by atoms with van der Waals surface area (Å²) in [6.45, 7) is 0. The normalized spacial score (nSPS) is 27.1. The van der Waals surface area contributed by atoms with Crippen LogP contribution in [0.25, 0.3) is 0 Å². The lowest BCUT2D eigenvalue weighted by molar-refractivity contribution is -0.125. The van der Waals surface area contributed by atoms with Crippen molar-refractivity contribution in [2.45, 2.75) is 56.5 Å². The number of nitrogens with one attached hydrogen (secondary N) is 1. The molecule has 1 aromatic carbocycles. The maximum atomic E-state index is 12.4. The van der Waals surface area contributed by atoms with Crippen LogP contribution in [0.3, 0.4) is 0 Å². The van der Waals surface area contributed by atoms with Crippen LogP contribution in [0.5, 0.6) is 0 Å². The highest BCUT2D eigenvalue weighted by Crippen LogP contribution is 2.42. The summed E-state index contributed by atoms with van der Waals surface area (Å²) in [6.07, 6.45) is 7.15. The Hall–Kier alpha value is -0.870. The SMILES string of the molecule is N[C@@H]1CCC[C@H]1CC(=O)NC1(c2cccc(Br)c2)CCC1. The molecule has 0 aromatic heterocycles. The van der Waals surface area contributed by atoms with Gasteiger partial charge in [-0.3, -0.25) is 4.79 Å². The van der Waals surface area contributed by atoms with Crippen LogP contribution < -0.4 is 11.1 Å². The van der Waals surface area contributed by atoms with Crippen LogP contribution in [0.1, 0.15) is 50.5 Å². The Morgan fingerprint density at radius 2 is 2.14 bits per heavy atom. The maximum absolute atomic E-state index is 12.4. The van der Waals surface area contributed by atoms with Gasteiger partial charge in [-0.25, -0.2) is 0 Å².